The summed E-state index contributed by atoms with van der Waals surface area (Å²) in [7, 11) is 0. The number of carbonyl (C=O) groups is 1. The summed E-state index contributed by atoms with van der Waals surface area (Å²) in [5, 5.41) is 11.8. The van der Waals surface area contributed by atoms with E-state index >= 15 is 0 Å². The number of amides is 1. The molecule has 1 fully saturated rings. The predicted molar refractivity (Wildman–Crippen MR) is 104 cm³/mol. The van der Waals surface area contributed by atoms with Gasteiger partial charge in [-0.15, -0.1) is 28.8 Å². The summed E-state index contributed by atoms with van der Waals surface area (Å²) >= 11 is 3.40. The number of carbonyl (C=O) groups excluding carboxylic acids is 1. The third kappa shape index (κ3) is 3.91. The molecule has 0 radical (unpaired) electrons. The van der Waals surface area contributed by atoms with Crippen LogP contribution < -0.4 is 0 Å². The van der Waals surface area contributed by atoms with Crippen molar-refractivity contribution in [2.24, 2.45) is 10.2 Å². The first-order valence-electron chi connectivity index (χ1n) is 7.70. The number of hydrogen-bond acceptors (Lipinski definition) is 7. The normalized spacial score (nSPS) is 17.6. The Balaban J connectivity index is 0.00000182. The van der Waals surface area contributed by atoms with Gasteiger partial charge in [0.2, 0.25) is 0 Å². The third-order valence-corrected chi connectivity index (χ3v) is 5.90. The minimum atomic E-state index is -0.0455. The molecule has 0 aliphatic carbocycles. The maximum atomic E-state index is 12.3. The zero-order chi connectivity index (χ0) is 16.4. The molecule has 9 heteroatoms. The van der Waals surface area contributed by atoms with Crippen molar-refractivity contribution in [2.75, 3.05) is 31.9 Å². The van der Waals surface area contributed by atoms with Gasteiger partial charge in [-0.2, -0.15) is 5.10 Å². The molecule has 6 nitrogen and oxygen atoms in total. The van der Waals surface area contributed by atoms with Crippen LogP contribution in [0, 0.1) is 0 Å². The zero-order valence-electron chi connectivity index (χ0n) is 13.3. The van der Waals surface area contributed by atoms with Crippen LogP contribution in [0.3, 0.4) is 0 Å². The van der Waals surface area contributed by atoms with Crippen molar-refractivity contribution >= 4 is 52.3 Å². The van der Waals surface area contributed by atoms with E-state index in [1.54, 1.807) is 35.2 Å². The molecule has 132 valence electrons. The van der Waals surface area contributed by atoms with Crippen LogP contribution in [0.5, 0.6) is 0 Å². The van der Waals surface area contributed by atoms with E-state index in [1.165, 1.54) is 11.1 Å². The Kier molecular flexibility index (Phi) is 5.82. The molecule has 0 saturated carbocycles. The summed E-state index contributed by atoms with van der Waals surface area (Å²) in [5.41, 5.74) is 1.03. The molecule has 4 heterocycles. The van der Waals surface area contributed by atoms with Crippen LogP contribution in [0.4, 0.5) is 0 Å². The number of rotatable bonds is 2. The molecule has 0 unspecified atom stereocenters. The fourth-order valence-electron chi connectivity index (χ4n) is 2.67. The highest BCUT2D eigenvalue weighted by atomic mass is 35.5. The topological polar surface area (TPSA) is 61.4 Å². The van der Waals surface area contributed by atoms with Crippen LogP contribution in [0.25, 0.3) is 0 Å². The molecule has 0 aromatic carbocycles. The lowest BCUT2D eigenvalue weighted by molar-refractivity contribution is 0.0661. The standard InChI is InChI=1S/C16H16N4O2S2.ClH/c21-15(13-3-1-9-22-13)19-5-7-20(8-6-19)16-18-17-12(11-24-16)14-4-2-10-23-14;/h1-4,9-10H,5-8,11H2;1H. The van der Waals surface area contributed by atoms with Crippen LogP contribution in [0.1, 0.15) is 15.4 Å². The molecule has 0 bridgehead atoms. The number of furan rings is 1. The van der Waals surface area contributed by atoms with Gasteiger partial charge in [-0.05, 0) is 23.6 Å². The highest BCUT2D eigenvalue weighted by Crippen LogP contribution is 2.22. The minimum Gasteiger partial charge on any atom is -0.459 e. The van der Waals surface area contributed by atoms with Gasteiger partial charge in [0.25, 0.3) is 5.91 Å². The molecule has 2 aliphatic rings. The molecule has 2 aromatic rings. The van der Waals surface area contributed by atoms with Crippen molar-refractivity contribution in [3.8, 4) is 0 Å². The molecule has 1 saturated heterocycles. The van der Waals surface area contributed by atoms with Gasteiger partial charge in [-0.25, -0.2) is 0 Å². The van der Waals surface area contributed by atoms with Crippen LogP contribution in [0.15, 0.2) is 50.5 Å². The van der Waals surface area contributed by atoms with Crippen molar-refractivity contribution in [3.05, 3.63) is 46.5 Å². The van der Waals surface area contributed by atoms with E-state index in [0.717, 1.165) is 29.7 Å². The van der Waals surface area contributed by atoms with Crippen LogP contribution in [0.2, 0.25) is 0 Å². The van der Waals surface area contributed by atoms with Crippen molar-refractivity contribution < 1.29 is 9.21 Å². The van der Waals surface area contributed by atoms with Crippen molar-refractivity contribution in [1.82, 2.24) is 9.80 Å². The molecular weight excluding hydrogens is 380 g/mol. The average Bonchev–Trinajstić information content (AvgIpc) is 3.35. The van der Waals surface area contributed by atoms with Gasteiger partial charge >= 0.3 is 0 Å². The average molecular weight is 397 g/mol. The molecule has 1 amide bonds. The van der Waals surface area contributed by atoms with E-state index in [9.17, 15) is 4.79 Å². The molecule has 2 aliphatic heterocycles. The van der Waals surface area contributed by atoms with Gasteiger partial charge in [0, 0.05) is 31.9 Å². The van der Waals surface area contributed by atoms with E-state index in [4.69, 9.17) is 4.42 Å². The number of hydrogen-bond donors (Lipinski definition) is 0. The van der Waals surface area contributed by atoms with Crippen molar-refractivity contribution in [2.45, 2.75) is 0 Å². The second kappa shape index (κ2) is 8.07. The number of thiophene rings is 1. The number of thioether (sulfide) groups is 1. The van der Waals surface area contributed by atoms with E-state index in [0.29, 0.717) is 18.8 Å². The lowest BCUT2D eigenvalue weighted by Gasteiger charge is -2.35. The monoisotopic (exact) mass is 396 g/mol. The van der Waals surface area contributed by atoms with Gasteiger partial charge in [-0.3, -0.25) is 4.79 Å². The summed E-state index contributed by atoms with van der Waals surface area (Å²) < 4.78 is 5.19. The first-order valence-corrected chi connectivity index (χ1v) is 9.57. The van der Waals surface area contributed by atoms with Crippen molar-refractivity contribution in [1.29, 1.82) is 0 Å². The Bertz CT molecular complexity index is 766. The second-order valence-electron chi connectivity index (χ2n) is 5.45. The lowest BCUT2D eigenvalue weighted by Crippen LogP contribution is -2.50. The number of halogens is 1. The Morgan fingerprint density at radius 1 is 1.12 bits per heavy atom. The maximum Gasteiger partial charge on any atom is 0.289 e. The van der Waals surface area contributed by atoms with E-state index < -0.39 is 0 Å². The van der Waals surface area contributed by atoms with Gasteiger partial charge in [-0.1, -0.05) is 17.8 Å². The first kappa shape index (κ1) is 18.0. The summed E-state index contributed by atoms with van der Waals surface area (Å²) in [6, 6.07) is 7.54. The first-order chi connectivity index (χ1) is 11.8. The smallest absolute Gasteiger partial charge is 0.289 e. The molecule has 0 spiro atoms. The second-order valence-corrected chi connectivity index (χ2v) is 7.34. The summed E-state index contributed by atoms with van der Waals surface area (Å²) in [6.07, 6.45) is 1.53. The summed E-state index contributed by atoms with van der Waals surface area (Å²) in [4.78, 5) is 17.5. The Morgan fingerprint density at radius 2 is 1.96 bits per heavy atom. The maximum absolute atomic E-state index is 12.3. The minimum absolute atomic E-state index is 0. The van der Waals surface area contributed by atoms with Crippen molar-refractivity contribution in [3.63, 3.8) is 0 Å². The molecule has 0 N–H and O–H groups in total. The number of amidine groups is 1. The molecule has 4 rings (SSSR count). The fraction of sp³-hybridized carbons (Fsp3) is 0.312. The fourth-order valence-corrected chi connectivity index (χ4v) is 4.41. The molecule has 25 heavy (non-hydrogen) atoms. The Hall–Kier alpha value is -1.77. The summed E-state index contributed by atoms with van der Waals surface area (Å²) in [6.45, 7) is 2.87. The highest BCUT2D eigenvalue weighted by molar-refractivity contribution is 8.14. The largest absolute Gasteiger partial charge is 0.459 e. The molecule has 2 aromatic heterocycles. The SMILES string of the molecule is Cl.O=C(c1ccco1)N1CCN(C2=NN=C(c3cccs3)CS2)CC1. The quantitative estimate of drug-likeness (QED) is 0.782. The van der Waals surface area contributed by atoms with Gasteiger partial charge in [0.15, 0.2) is 10.9 Å². The molecular formula is C16H17ClN4O2S2. The Labute approximate surface area is 160 Å². The van der Waals surface area contributed by atoms with Crippen LogP contribution in [-0.4, -0.2) is 58.5 Å². The zero-order valence-corrected chi connectivity index (χ0v) is 15.8. The van der Waals surface area contributed by atoms with E-state index in [1.807, 2.05) is 11.0 Å². The van der Waals surface area contributed by atoms with E-state index in [2.05, 4.69) is 26.5 Å². The molecule has 0 atom stereocenters. The Morgan fingerprint density at radius 3 is 2.56 bits per heavy atom. The number of piperazine rings is 1. The van der Waals surface area contributed by atoms with E-state index in [-0.39, 0.29) is 18.3 Å². The van der Waals surface area contributed by atoms with Gasteiger partial charge in [0.05, 0.1) is 16.9 Å². The lowest BCUT2D eigenvalue weighted by atomic mass is 10.3. The summed E-state index contributed by atoms with van der Waals surface area (Å²) in [5.74, 6) is 1.19. The van der Waals surface area contributed by atoms with Crippen LogP contribution >= 0.6 is 35.5 Å². The predicted octanol–water partition coefficient (Wildman–Crippen LogP) is 3.03. The van der Waals surface area contributed by atoms with Crippen LogP contribution in [-0.2, 0) is 0 Å². The third-order valence-electron chi connectivity index (χ3n) is 3.97. The van der Waals surface area contributed by atoms with Gasteiger partial charge in [0.1, 0.15) is 0 Å². The highest BCUT2D eigenvalue weighted by Gasteiger charge is 2.26. The van der Waals surface area contributed by atoms with Gasteiger partial charge < -0.3 is 14.2 Å². The number of nitrogens with zero attached hydrogens (tertiary/aromatic N) is 4.